The van der Waals surface area contributed by atoms with Crippen LogP contribution >= 0.6 is 0 Å². The molecule has 0 bridgehead atoms. The van der Waals surface area contributed by atoms with E-state index in [1.807, 2.05) is 31.2 Å². The molecular weight excluding hydrogens is 226 g/mol. The van der Waals surface area contributed by atoms with Gasteiger partial charge in [-0.25, -0.2) is 0 Å². The first-order valence-corrected chi connectivity index (χ1v) is 6.45. The third-order valence-electron chi connectivity index (χ3n) is 2.75. The molecule has 0 spiro atoms. The lowest BCUT2D eigenvalue weighted by atomic mass is 10.1. The summed E-state index contributed by atoms with van der Waals surface area (Å²) in [5, 5.41) is 6.05. The van der Waals surface area contributed by atoms with E-state index in [-0.39, 0.29) is 5.91 Å². The van der Waals surface area contributed by atoms with Crippen molar-refractivity contribution in [1.29, 1.82) is 0 Å². The summed E-state index contributed by atoms with van der Waals surface area (Å²) in [6.45, 7) is 6.48. The van der Waals surface area contributed by atoms with Gasteiger partial charge in [0.2, 0.25) is 5.91 Å². The van der Waals surface area contributed by atoms with Gasteiger partial charge in [0, 0.05) is 13.1 Å². The number of carbonyl (C=O) groups is 1. The summed E-state index contributed by atoms with van der Waals surface area (Å²) in [6, 6.07) is 7.14. The molecule has 4 heteroatoms. The van der Waals surface area contributed by atoms with Crippen LogP contribution < -0.4 is 16.4 Å². The third-order valence-corrected chi connectivity index (χ3v) is 2.75. The molecule has 0 saturated carbocycles. The van der Waals surface area contributed by atoms with Crippen molar-refractivity contribution in [3.63, 3.8) is 0 Å². The molecule has 0 aromatic heterocycles. The van der Waals surface area contributed by atoms with Crippen LogP contribution in [0.5, 0.6) is 0 Å². The number of carbonyl (C=O) groups excluding carboxylic acids is 1. The summed E-state index contributed by atoms with van der Waals surface area (Å²) in [5.74, 6) is -0.128. The van der Waals surface area contributed by atoms with Crippen molar-refractivity contribution in [3.8, 4) is 0 Å². The first-order chi connectivity index (χ1) is 8.65. The molecule has 0 aliphatic rings. The fourth-order valence-electron chi connectivity index (χ4n) is 1.61. The van der Waals surface area contributed by atoms with Crippen LogP contribution in [-0.4, -0.2) is 25.5 Å². The van der Waals surface area contributed by atoms with Crippen LogP contribution in [0.15, 0.2) is 24.3 Å². The van der Waals surface area contributed by atoms with Crippen molar-refractivity contribution < 1.29 is 4.79 Å². The van der Waals surface area contributed by atoms with E-state index >= 15 is 0 Å². The number of nitrogens with one attached hydrogen (secondary N) is 2. The minimum absolute atomic E-state index is 0.128. The second kappa shape index (κ2) is 7.84. The summed E-state index contributed by atoms with van der Waals surface area (Å²) in [7, 11) is 0. The van der Waals surface area contributed by atoms with Gasteiger partial charge >= 0.3 is 0 Å². The number of rotatable bonds is 7. The van der Waals surface area contributed by atoms with Gasteiger partial charge in [-0.15, -0.1) is 0 Å². The maximum absolute atomic E-state index is 11.8. The molecule has 0 heterocycles. The molecule has 0 fully saturated rings. The Morgan fingerprint density at radius 1 is 1.22 bits per heavy atom. The van der Waals surface area contributed by atoms with Gasteiger partial charge in [0.05, 0.1) is 0 Å². The number of hydrogen-bond acceptors (Lipinski definition) is 3. The minimum atomic E-state index is -0.586. The van der Waals surface area contributed by atoms with Crippen LogP contribution in [0.3, 0.4) is 0 Å². The molecule has 0 radical (unpaired) electrons. The molecule has 1 unspecified atom stereocenters. The zero-order valence-corrected chi connectivity index (χ0v) is 11.2. The first kappa shape index (κ1) is 14.7. The smallest absolute Gasteiger partial charge is 0.241 e. The monoisotopic (exact) mass is 249 g/mol. The first-order valence-electron chi connectivity index (χ1n) is 6.45. The highest BCUT2D eigenvalue weighted by Gasteiger charge is 2.14. The van der Waals surface area contributed by atoms with Crippen LogP contribution in [0, 0.1) is 6.92 Å². The molecule has 1 amide bonds. The van der Waals surface area contributed by atoms with Crippen molar-refractivity contribution in [1.82, 2.24) is 10.6 Å². The number of amides is 1. The average Bonchev–Trinajstić information content (AvgIpc) is 2.38. The third kappa shape index (κ3) is 4.85. The Bertz CT molecular complexity index is 362. The van der Waals surface area contributed by atoms with Crippen molar-refractivity contribution in [2.45, 2.75) is 26.3 Å². The Kier molecular flexibility index (Phi) is 6.39. The van der Waals surface area contributed by atoms with Crippen molar-refractivity contribution in [2.24, 2.45) is 5.73 Å². The highest BCUT2D eigenvalue weighted by Crippen LogP contribution is 2.11. The van der Waals surface area contributed by atoms with Crippen LogP contribution in [-0.2, 0) is 4.79 Å². The lowest BCUT2D eigenvalue weighted by Crippen LogP contribution is -2.38. The molecule has 4 N–H and O–H groups in total. The van der Waals surface area contributed by atoms with E-state index in [1.165, 1.54) is 0 Å². The van der Waals surface area contributed by atoms with Crippen LogP contribution in [0.4, 0.5) is 0 Å². The molecular formula is C14H23N3O. The van der Waals surface area contributed by atoms with Gasteiger partial charge in [-0.2, -0.15) is 0 Å². The van der Waals surface area contributed by atoms with E-state index in [0.29, 0.717) is 6.54 Å². The Balaban J connectivity index is 2.34. The fourth-order valence-corrected chi connectivity index (χ4v) is 1.61. The van der Waals surface area contributed by atoms with Crippen LogP contribution in [0.2, 0.25) is 0 Å². The van der Waals surface area contributed by atoms with Gasteiger partial charge in [0.25, 0.3) is 0 Å². The van der Waals surface area contributed by atoms with Gasteiger partial charge in [0.15, 0.2) is 0 Å². The van der Waals surface area contributed by atoms with E-state index in [1.54, 1.807) is 0 Å². The number of benzene rings is 1. The zero-order valence-electron chi connectivity index (χ0n) is 11.2. The maximum Gasteiger partial charge on any atom is 0.241 e. The summed E-state index contributed by atoms with van der Waals surface area (Å²) < 4.78 is 0. The van der Waals surface area contributed by atoms with E-state index in [0.717, 1.165) is 30.6 Å². The normalized spacial score (nSPS) is 12.2. The standard InChI is InChI=1S/C14H23N3O/c1-3-8-16-9-10-17-14(18)13(15)12-6-4-11(2)5-7-12/h4-7,13,16H,3,8-10,15H2,1-2H3,(H,17,18). The van der Waals surface area contributed by atoms with Crippen molar-refractivity contribution in [2.75, 3.05) is 19.6 Å². The molecule has 1 aromatic carbocycles. The SMILES string of the molecule is CCCNCCNC(=O)C(N)c1ccc(C)cc1. The molecule has 100 valence electrons. The Morgan fingerprint density at radius 3 is 2.50 bits per heavy atom. The minimum Gasteiger partial charge on any atom is -0.353 e. The van der Waals surface area contributed by atoms with Crippen LogP contribution in [0.25, 0.3) is 0 Å². The fraction of sp³-hybridized carbons (Fsp3) is 0.500. The second-order valence-corrected chi connectivity index (χ2v) is 4.43. The van der Waals surface area contributed by atoms with Crippen molar-refractivity contribution >= 4 is 5.91 Å². The van der Waals surface area contributed by atoms with Crippen molar-refractivity contribution in [3.05, 3.63) is 35.4 Å². The van der Waals surface area contributed by atoms with Crippen LogP contribution in [0.1, 0.15) is 30.5 Å². The quantitative estimate of drug-likeness (QED) is 0.634. The largest absolute Gasteiger partial charge is 0.353 e. The van der Waals surface area contributed by atoms with Gasteiger partial charge in [-0.3, -0.25) is 4.79 Å². The molecule has 0 aliphatic heterocycles. The number of nitrogens with two attached hydrogens (primary N) is 1. The molecule has 0 saturated heterocycles. The highest BCUT2D eigenvalue weighted by atomic mass is 16.2. The van der Waals surface area contributed by atoms with E-state index in [2.05, 4.69) is 17.6 Å². The van der Waals surface area contributed by atoms with Gasteiger partial charge in [-0.05, 0) is 25.5 Å². The second-order valence-electron chi connectivity index (χ2n) is 4.43. The van der Waals surface area contributed by atoms with E-state index < -0.39 is 6.04 Å². The molecule has 4 nitrogen and oxygen atoms in total. The molecule has 1 atom stereocenters. The molecule has 18 heavy (non-hydrogen) atoms. The Hall–Kier alpha value is -1.39. The topological polar surface area (TPSA) is 67.1 Å². The van der Waals surface area contributed by atoms with Gasteiger partial charge in [-0.1, -0.05) is 36.8 Å². The van der Waals surface area contributed by atoms with E-state index in [4.69, 9.17) is 5.73 Å². The molecule has 1 aromatic rings. The summed E-state index contributed by atoms with van der Waals surface area (Å²) in [6.07, 6.45) is 1.09. The zero-order chi connectivity index (χ0) is 13.4. The van der Waals surface area contributed by atoms with E-state index in [9.17, 15) is 4.79 Å². The lowest BCUT2D eigenvalue weighted by molar-refractivity contribution is -0.122. The lowest BCUT2D eigenvalue weighted by Gasteiger charge is -2.13. The maximum atomic E-state index is 11.8. The summed E-state index contributed by atoms with van der Waals surface area (Å²) >= 11 is 0. The Labute approximate surface area is 109 Å². The number of aryl methyl sites for hydroxylation is 1. The number of hydrogen-bond donors (Lipinski definition) is 3. The van der Waals surface area contributed by atoms with Gasteiger partial charge < -0.3 is 16.4 Å². The molecule has 1 rings (SSSR count). The molecule has 0 aliphatic carbocycles. The summed E-state index contributed by atoms with van der Waals surface area (Å²) in [4.78, 5) is 11.8. The average molecular weight is 249 g/mol. The predicted octanol–water partition coefficient (Wildman–Crippen LogP) is 1.11. The van der Waals surface area contributed by atoms with Gasteiger partial charge in [0.1, 0.15) is 6.04 Å². The summed E-state index contributed by atoms with van der Waals surface area (Å²) in [5.41, 5.74) is 7.91. The Morgan fingerprint density at radius 2 is 1.89 bits per heavy atom. The predicted molar refractivity (Wildman–Crippen MR) is 74.3 cm³/mol. The highest BCUT2D eigenvalue weighted by molar-refractivity contribution is 5.82.